The standard InChI is InChI=1S/C14H19F3N2/c1-19(12(9-18)10-7-8-10)13(14(15,16)17)11-5-3-2-4-6-11/h2-6,10,12-13H,7-9,18H2,1H3. The fourth-order valence-corrected chi connectivity index (χ4v) is 2.65. The second kappa shape index (κ2) is 5.51. The van der Waals surface area contributed by atoms with Gasteiger partial charge in [0.25, 0.3) is 0 Å². The highest BCUT2D eigenvalue weighted by Gasteiger charge is 2.47. The number of hydrogen-bond donors (Lipinski definition) is 1. The van der Waals surface area contributed by atoms with Crippen LogP contribution in [0.4, 0.5) is 13.2 Å². The fourth-order valence-electron chi connectivity index (χ4n) is 2.65. The van der Waals surface area contributed by atoms with Crippen molar-refractivity contribution in [2.24, 2.45) is 11.7 Å². The van der Waals surface area contributed by atoms with Crippen molar-refractivity contribution >= 4 is 0 Å². The predicted molar refractivity (Wildman–Crippen MR) is 68.6 cm³/mol. The maximum absolute atomic E-state index is 13.4. The Kier molecular flexibility index (Phi) is 4.16. The lowest BCUT2D eigenvalue weighted by Gasteiger charge is -2.36. The molecule has 0 aromatic heterocycles. The summed E-state index contributed by atoms with van der Waals surface area (Å²) in [5.74, 6) is 0.309. The molecule has 2 unspecified atom stereocenters. The molecule has 1 aliphatic carbocycles. The van der Waals surface area contributed by atoms with Crippen LogP contribution in [0.5, 0.6) is 0 Å². The summed E-state index contributed by atoms with van der Waals surface area (Å²) in [5.41, 5.74) is 5.94. The van der Waals surface area contributed by atoms with Gasteiger partial charge in [0.2, 0.25) is 0 Å². The van der Waals surface area contributed by atoms with Crippen molar-refractivity contribution < 1.29 is 13.2 Å². The number of benzene rings is 1. The summed E-state index contributed by atoms with van der Waals surface area (Å²) >= 11 is 0. The monoisotopic (exact) mass is 272 g/mol. The molecule has 2 N–H and O–H groups in total. The molecule has 0 saturated heterocycles. The lowest BCUT2D eigenvalue weighted by Crippen LogP contribution is -2.46. The average Bonchev–Trinajstić information content (AvgIpc) is 3.14. The molecule has 1 aliphatic rings. The van der Waals surface area contributed by atoms with Crippen LogP contribution in [0, 0.1) is 5.92 Å². The molecule has 0 spiro atoms. The van der Waals surface area contributed by atoms with Gasteiger partial charge in [-0.15, -0.1) is 0 Å². The van der Waals surface area contributed by atoms with Crippen LogP contribution >= 0.6 is 0 Å². The fraction of sp³-hybridized carbons (Fsp3) is 0.571. The molecule has 2 rings (SSSR count). The molecule has 106 valence electrons. The van der Waals surface area contributed by atoms with Gasteiger partial charge in [-0.3, -0.25) is 4.90 Å². The molecular formula is C14H19F3N2. The molecule has 0 radical (unpaired) electrons. The third-order valence-electron chi connectivity index (χ3n) is 3.76. The SMILES string of the molecule is CN(C(CN)C1CC1)C(c1ccccc1)C(F)(F)F. The van der Waals surface area contributed by atoms with E-state index in [-0.39, 0.29) is 18.2 Å². The van der Waals surface area contributed by atoms with Crippen LogP contribution < -0.4 is 5.73 Å². The normalized spacial score (nSPS) is 19.5. The number of nitrogens with zero attached hydrogens (tertiary/aromatic N) is 1. The van der Waals surface area contributed by atoms with Gasteiger partial charge in [-0.25, -0.2) is 0 Å². The minimum atomic E-state index is -4.29. The molecule has 1 fully saturated rings. The minimum Gasteiger partial charge on any atom is -0.329 e. The lowest BCUT2D eigenvalue weighted by molar-refractivity contribution is -0.189. The third kappa shape index (κ3) is 3.28. The summed E-state index contributed by atoms with van der Waals surface area (Å²) in [5, 5.41) is 0. The van der Waals surface area contributed by atoms with Crippen LogP contribution in [-0.2, 0) is 0 Å². The molecule has 2 nitrogen and oxygen atoms in total. The highest BCUT2D eigenvalue weighted by molar-refractivity contribution is 5.21. The Morgan fingerprint density at radius 3 is 2.26 bits per heavy atom. The molecule has 5 heteroatoms. The van der Waals surface area contributed by atoms with Crippen LogP contribution in [0.3, 0.4) is 0 Å². The molecule has 0 heterocycles. The number of hydrogen-bond acceptors (Lipinski definition) is 2. The Labute approximate surface area is 111 Å². The number of rotatable bonds is 5. The van der Waals surface area contributed by atoms with E-state index < -0.39 is 12.2 Å². The number of alkyl halides is 3. The van der Waals surface area contributed by atoms with Crippen molar-refractivity contribution in [3.8, 4) is 0 Å². The average molecular weight is 272 g/mol. The van der Waals surface area contributed by atoms with Gasteiger partial charge >= 0.3 is 6.18 Å². The Bertz CT molecular complexity index is 401. The van der Waals surface area contributed by atoms with Crippen LogP contribution in [0.1, 0.15) is 24.4 Å². The number of halogens is 3. The van der Waals surface area contributed by atoms with Crippen LogP contribution in [-0.4, -0.2) is 30.7 Å². The van der Waals surface area contributed by atoms with Crippen molar-refractivity contribution in [1.82, 2.24) is 4.90 Å². The van der Waals surface area contributed by atoms with Gasteiger partial charge in [0.15, 0.2) is 0 Å². The van der Waals surface area contributed by atoms with Gasteiger partial charge in [-0.1, -0.05) is 30.3 Å². The van der Waals surface area contributed by atoms with Crippen molar-refractivity contribution in [3.05, 3.63) is 35.9 Å². The quantitative estimate of drug-likeness (QED) is 0.893. The van der Waals surface area contributed by atoms with Crippen molar-refractivity contribution in [1.29, 1.82) is 0 Å². The van der Waals surface area contributed by atoms with E-state index in [4.69, 9.17) is 5.73 Å². The topological polar surface area (TPSA) is 29.3 Å². The van der Waals surface area contributed by atoms with E-state index in [9.17, 15) is 13.2 Å². The Morgan fingerprint density at radius 2 is 1.84 bits per heavy atom. The van der Waals surface area contributed by atoms with E-state index in [2.05, 4.69) is 0 Å². The molecule has 0 aliphatic heterocycles. The van der Waals surface area contributed by atoms with Gasteiger partial charge in [0.1, 0.15) is 6.04 Å². The molecule has 0 bridgehead atoms. The molecule has 1 saturated carbocycles. The maximum Gasteiger partial charge on any atom is 0.408 e. The molecule has 1 aromatic rings. The third-order valence-corrected chi connectivity index (χ3v) is 3.76. The first-order chi connectivity index (χ1) is 8.95. The van der Waals surface area contributed by atoms with E-state index in [0.29, 0.717) is 5.92 Å². The first-order valence-corrected chi connectivity index (χ1v) is 6.48. The summed E-state index contributed by atoms with van der Waals surface area (Å²) in [7, 11) is 1.53. The predicted octanol–water partition coefficient (Wildman–Crippen LogP) is 2.96. The minimum absolute atomic E-state index is 0.202. The first kappa shape index (κ1) is 14.3. The molecule has 2 atom stereocenters. The summed E-state index contributed by atoms with van der Waals surface area (Å²) < 4.78 is 40.1. The second-order valence-corrected chi connectivity index (χ2v) is 5.16. The Hall–Kier alpha value is -1.07. The van der Waals surface area contributed by atoms with Crippen LogP contribution in [0.15, 0.2) is 30.3 Å². The highest BCUT2D eigenvalue weighted by atomic mass is 19.4. The van der Waals surface area contributed by atoms with E-state index in [0.717, 1.165) is 12.8 Å². The van der Waals surface area contributed by atoms with Crippen molar-refractivity contribution in [2.75, 3.05) is 13.6 Å². The van der Waals surface area contributed by atoms with Crippen LogP contribution in [0.2, 0.25) is 0 Å². The smallest absolute Gasteiger partial charge is 0.329 e. The van der Waals surface area contributed by atoms with Crippen molar-refractivity contribution in [2.45, 2.75) is 31.1 Å². The van der Waals surface area contributed by atoms with E-state index in [1.54, 1.807) is 18.2 Å². The largest absolute Gasteiger partial charge is 0.408 e. The van der Waals surface area contributed by atoms with Gasteiger partial charge in [-0.2, -0.15) is 13.2 Å². The van der Waals surface area contributed by atoms with Gasteiger partial charge < -0.3 is 5.73 Å². The summed E-state index contributed by atoms with van der Waals surface area (Å²) in [6.45, 7) is 0.264. The first-order valence-electron chi connectivity index (χ1n) is 6.48. The van der Waals surface area contributed by atoms with Gasteiger partial charge in [-0.05, 0) is 31.4 Å². The lowest BCUT2D eigenvalue weighted by atomic mass is 10.0. The Balaban J connectivity index is 2.27. The zero-order chi connectivity index (χ0) is 14.0. The van der Waals surface area contributed by atoms with Gasteiger partial charge in [0, 0.05) is 12.6 Å². The Morgan fingerprint density at radius 1 is 1.26 bits per heavy atom. The molecule has 1 aromatic carbocycles. The summed E-state index contributed by atoms with van der Waals surface area (Å²) in [6, 6.07) is 6.25. The number of likely N-dealkylation sites (N-methyl/N-ethyl adjacent to an activating group) is 1. The van der Waals surface area contributed by atoms with E-state index in [1.807, 2.05) is 0 Å². The molecular weight excluding hydrogens is 253 g/mol. The van der Waals surface area contributed by atoms with Crippen molar-refractivity contribution in [3.63, 3.8) is 0 Å². The second-order valence-electron chi connectivity index (χ2n) is 5.16. The highest BCUT2D eigenvalue weighted by Crippen LogP contribution is 2.42. The van der Waals surface area contributed by atoms with Crippen LogP contribution in [0.25, 0.3) is 0 Å². The van der Waals surface area contributed by atoms with E-state index in [1.165, 1.54) is 24.1 Å². The summed E-state index contributed by atoms with van der Waals surface area (Å²) in [6.07, 6.45) is -2.34. The van der Waals surface area contributed by atoms with E-state index >= 15 is 0 Å². The molecule has 19 heavy (non-hydrogen) atoms. The maximum atomic E-state index is 13.4. The summed E-state index contributed by atoms with van der Waals surface area (Å²) in [4.78, 5) is 1.40. The number of nitrogens with two attached hydrogens (primary N) is 1. The zero-order valence-corrected chi connectivity index (χ0v) is 10.9. The molecule has 0 amide bonds. The zero-order valence-electron chi connectivity index (χ0n) is 10.9. The van der Waals surface area contributed by atoms with Gasteiger partial charge in [0.05, 0.1) is 0 Å².